The number of carbonyl (C=O) groups excluding carboxylic acids is 1. The standard InChI is InChI=1S/C16H21N3O2/c1-2-15(20)19-11-7-13(12-19)21-14-6-5-8-17-16(14)18-9-3-4-10-18/h2,5-6,8,13H,1,3-4,7,9-12H2. The summed E-state index contributed by atoms with van der Waals surface area (Å²) in [4.78, 5) is 20.2. The van der Waals surface area contributed by atoms with Crippen LogP contribution in [0.15, 0.2) is 31.0 Å². The van der Waals surface area contributed by atoms with Crippen LogP contribution in [0.2, 0.25) is 0 Å². The van der Waals surface area contributed by atoms with Crippen LogP contribution in [-0.4, -0.2) is 48.1 Å². The molecule has 1 unspecified atom stereocenters. The molecular formula is C16H21N3O2. The summed E-state index contributed by atoms with van der Waals surface area (Å²) in [6, 6.07) is 3.87. The van der Waals surface area contributed by atoms with Gasteiger partial charge in [-0.05, 0) is 31.1 Å². The Hall–Kier alpha value is -2.04. The third-order valence-electron chi connectivity index (χ3n) is 4.08. The molecule has 0 spiro atoms. The molecule has 0 saturated carbocycles. The minimum absolute atomic E-state index is 0.0212. The predicted molar refractivity (Wildman–Crippen MR) is 81.5 cm³/mol. The molecule has 0 N–H and O–H groups in total. The van der Waals surface area contributed by atoms with Gasteiger partial charge in [0.05, 0.1) is 6.54 Å². The molecule has 21 heavy (non-hydrogen) atoms. The minimum Gasteiger partial charge on any atom is -0.485 e. The van der Waals surface area contributed by atoms with Crippen molar-refractivity contribution in [2.24, 2.45) is 0 Å². The van der Waals surface area contributed by atoms with Crippen LogP contribution in [0, 0.1) is 0 Å². The van der Waals surface area contributed by atoms with Gasteiger partial charge >= 0.3 is 0 Å². The summed E-state index contributed by atoms with van der Waals surface area (Å²) in [5, 5.41) is 0. The molecule has 1 atom stereocenters. The SMILES string of the molecule is C=CC(=O)N1CCC(Oc2cccnc2N2CCCC2)C1. The minimum atomic E-state index is -0.0212. The van der Waals surface area contributed by atoms with E-state index in [4.69, 9.17) is 4.74 Å². The number of amides is 1. The van der Waals surface area contributed by atoms with Crippen molar-refractivity contribution in [2.75, 3.05) is 31.1 Å². The maximum atomic E-state index is 11.6. The first-order chi connectivity index (χ1) is 10.3. The van der Waals surface area contributed by atoms with Crippen LogP contribution in [0.1, 0.15) is 19.3 Å². The molecular weight excluding hydrogens is 266 g/mol. The molecule has 2 aliphatic heterocycles. The number of hydrogen-bond donors (Lipinski definition) is 0. The molecule has 2 fully saturated rings. The largest absolute Gasteiger partial charge is 0.485 e. The van der Waals surface area contributed by atoms with Crippen molar-refractivity contribution in [3.05, 3.63) is 31.0 Å². The third-order valence-corrected chi connectivity index (χ3v) is 4.08. The zero-order chi connectivity index (χ0) is 14.7. The van der Waals surface area contributed by atoms with E-state index in [0.29, 0.717) is 6.54 Å². The van der Waals surface area contributed by atoms with Gasteiger partial charge in [-0.2, -0.15) is 0 Å². The lowest BCUT2D eigenvalue weighted by molar-refractivity contribution is -0.125. The summed E-state index contributed by atoms with van der Waals surface area (Å²) in [6.07, 6.45) is 6.49. The van der Waals surface area contributed by atoms with Crippen molar-refractivity contribution in [3.8, 4) is 5.75 Å². The Morgan fingerprint density at radius 1 is 1.38 bits per heavy atom. The Morgan fingerprint density at radius 2 is 2.19 bits per heavy atom. The highest BCUT2D eigenvalue weighted by atomic mass is 16.5. The van der Waals surface area contributed by atoms with Gasteiger partial charge in [-0.15, -0.1) is 0 Å². The molecule has 112 valence electrons. The maximum Gasteiger partial charge on any atom is 0.246 e. The Balaban J connectivity index is 1.68. The first-order valence-corrected chi connectivity index (χ1v) is 7.56. The molecule has 0 aliphatic carbocycles. The van der Waals surface area contributed by atoms with Gasteiger partial charge < -0.3 is 14.5 Å². The number of rotatable bonds is 4. The normalized spacial score (nSPS) is 21.6. The number of pyridine rings is 1. The van der Waals surface area contributed by atoms with Gasteiger partial charge in [-0.1, -0.05) is 6.58 Å². The fourth-order valence-electron chi connectivity index (χ4n) is 2.97. The average molecular weight is 287 g/mol. The van der Waals surface area contributed by atoms with Gasteiger partial charge in [0.2, 0.25) is 5.91 Å². The van der Waals surface area contributed by atoms with E-state index in [-0.39, 0.29) is 12.0 Å². The van der Waals surface area contributed by atoms with Crippen molar-refractivity contribution >= 4 is 11.7 Å². The fraction of sp³-hybridized carbons (Fsp3) is 0.500. The van der Waals surface area contributed by atoms with E-state index in [1.807, 2.05) is 18.3 Å². The van der Waals surface area contributed by atoms with E-state index in [2.05, 4.69) is 16.5 Å². The van der Waals surface area contributed by atoms with Gasteiger partial charge in [0.15, 0.2) is 11.6 Å². The van der Waals surface area contributed by atoms with Crippen LogP contribution in [-0.2, 0) is 4.79 Å². The Kier molecular flexibility index (Phi) is 4.08. The summed E-state index contributed by atoms with van der Waals surface area (Å²) in [6.45, 7) is 6.97. The quantitative estimate of drug-likeness (QED) is 0.793. The zero-order valence-electron chi connectivity index (χ0n) is 12.2. The Labute approximate surface area is 125 Å². The number of aromatic nitrogens is 1. The number of ether oxygens (including phenoxy) is 1. The van der Waals surface area contributed by atoms with Gasteiger partial charge in [0.25, 0.3) is 0 Å². The summed E-state index contributed by atoms with van der Waals surface area (Å²) < 4.78 is 6.11. The lowest BCUT2D eigenvalue weighted by Gasteiger charge is -2.22. The van der Waals surface area contributed by atoms with E-state index in [9.17, 15) is 4.79 Å². The third kappa shape index (κ3) is 3.01. The van der Waals surface area contributed by atoms with E-state index in [1.54, 1.807) is 4.90 Å². The van der Waals surface area contributed by atoms with E-state index >= 15 is 0 Å². The second-order valence-corrected chi connectivity index (χ2v) is 5.54. The number of hydrogen-bond acceptors (Lipinski definition) is 4. The zero-order valence-corrected chi connectivity index (χ0v) is 12.2. The molecule has 0 radical (unpaired) electrons. The van der Waals surface area contributed by atoms with Crippen LogP contribution in [0.25, 0.3) is 0 Å². The lowest BCUT2D eigenvalue weighted by atomic mass is 10.3. The summed E-state index contributed by atoms with van der Waals surface area (Å²) >= 11 is 0. The first-order valence-electron chi connectivity index (χ1n) is 7.56. The van der Waals surface area contributed by atoms with Crippen molar-refractivity contribution in [1.82, 2.24) is 9.88 Å². The van der Waals surface area contributed by atoms with Gasteiger partial charge in [-0.25, -0.2) is 4.98 Å². The van der Waals surface area contributed by atoms with Crippen molar-refractivity contribution in [2.45, 2.75) is 25.4 Å². The van der Waals surface area contributed by atoms with E-state index in [1.165, 1.54) is 18.9 Å². The molecule has 0 aromatic carbocycles. The number of carbonyl (C=O) groups is 1. The number of nitrogens with zero attached hydrogens (tertiary/aromatic N) is 3. The monoisotopic (exact) mass is 287 g/mol. The topological polar surface area (TPSA) is 45.7 Å². The molecule has 2 aliphatic rings. The molecule has 2 saturated heterocycles. The second kappa shape index (κ2) is 6.16. The molecule has 1 amide bonds. The number of likely N-dealkylation sites (tertiary alicyclic amines) is 1. The molecule has 5 heteroatoms. The van der Waals surface area contributed by atoms with Crippen LogP contribution < -0.4 is 9.64 Å². The maximum absolute atomic E-state index is 11.6. The van der Waals surface area contributed by atoms with Crippen LogP contribution in [0.3, 0.4) is 0 Å². The van der Waals surface area contributed by atoms with Gasteiger partial charge in [-0.3, -0.25) is 4.79 Å². The molecule has 0 bridgehead atoms. The van der Waals surface area contributed by atoms with Gasteiger partial charge in [0, 0.05) is 32.3 Å². The van der Waals surface area contributed by atoms with Crippen LogP contribution in [0.5, 0.6) is 5.75 Å². The molecule has 1 aromatic rings. The molecule has 3 heterocycles. The van der Waals surface area contributed by atoms with Crippen molar-refractivity contribution in [3.63, 3.8) is 0 Å². The van der Waals surface area contributed by atoms with Gasteiger partial charge in [0.1, 0.15) is 6.10 Å². The fourth-order valence-corrected chi connectivity index (χ4v) is 2.97. The van der Waals surface area contributed by atoms with E-state index < -0.39 is 0 Å². The Morgan fingerprint density at radius 3 is 2.95 bits per heavy atom. The number of anilines is 1. The summed E-state index contributed by atoms with van der Waals surface area (Å²) in [5.41, 5.74) is 0. The van der Waals surface area contributed by atoms with Crippen LogP contribution in [0.4, 0.5) is 5.82 Å². The smallest absolute Gasteiger partial charge is 0.246 e. The highest BCUT2D eigenvalue weighted by Gasteiger charge is 2.28. The Bertz CT molecular complexity index is 526. The predicted octanol–water partition coefficient (Wildman–Crippen LogP) is 1.85. The molecule has 3 rings (SSSR count). The molecule has 1 aromatic heterocycles. The van der Waals surface area contributed by atoms with Crippen molar-refractivity contribution < 1.29 is 9.53 Å². The lowest BCUT2D eigenvalue weighted by Crippen LogP contribution is -2.29. The second-order valence-electron chi connectivity index (χ2n) is 5.54. The van der Waals surface area contributed by atoms with Crippen LogP contribution >= 0.6 is 0 Å². The highest BCUT2D eigenvalue weighted by molar-refractivity contribution is 5.87. The van der Waals surface area contributed by atoms with E-state index in [0.717, 1.165) is 37.6 Å². The summed E-state index contributed by atoms with van der Waals surface area (Å²) in [5.74, 6) is 1.74. The first kappa shape index (κ1) is 13.9. The average Bonchev–Trinajstić information content (AvgIpc) is 3.18. The highest BCUT2D eigenvalue weighted by Crippen LogP contribution is 2.30. The summed E-state index contributed by atoms with van der Waals surface area (Å²) in [7, 11) is 0. The molecule has 5 nitrogen and oxygen atoms in total. The van der Waals surface area contributed by atoms with Crippen molar-refractivity contribution in [1.29, 1.82) is 0 Å².